The highest BCUT2D eigenvalue weighted by atomic mass is 32.2. The van der Waals surface area contributed by atoms with Crippen LogP contribution in [0.2, 0.25) is 0 Å². The second kappa shape index (κ2) is 9.27. The number of oxime groups is 1. The van der Waals surface area contributed by atoms with Crippen molar-refractivity contribution in [2.24, 2.45) is 5.16 Å². The number of carboxylic acids is 1. The van der Waals surface area contributed by atoms with Gasteiger partial charge in [0.1, 0.15) is 27.0 Å². The van der Waals surface area contributed by atoms with Gasteiger partial charge in [-0.2, -0.15) is 0 Å². The van der Waals surface area contributed by atoms with E-state index in [1.54, 1.807) is 17.7 Å². The SMILES string of the molecule is Nc1nc(C(=NO)C(=O)N[C@@H]2C(=O)N3C(C(=O)O)=C(/C=C\Sc4cnns4)CS[C@H]23)cs1. The van der Waals surface area contributed by atoms with Crippen LogP contribution in [-0.4, -0.2) is 70.4 Å². The molecule has 0 spiro atoms. The summed E-state index contributed by atoms with van der Waals surface area (Å²) in [6, 6.07) is -0.974. The van der Waals surface area contributed by atoms with Crippen molar-refractivity contribution in [3.63, 3.8) is 0 Å². The number of aromatic nitrogens is 3. The van der Waals surface area contributed by atoms with E-state index < -0.39 is 34.9 Å². The van der Waals surface area contributed by atoms with Gasteiger partial charge in [-0.3, -0.25) is 14.5 Å². The van der Waals surface area contributed by atoms with Gasteiger partial charge in [0.05, 0.1) is 6.20 Å². The first-order chi connectivity index (χ1) is 15.4. The Morgan fingerprint density at radius 3 is 2.88 bits per heavy atom. The molecule has 0 aromatic carbocycles. The first kappa shape index (κ1) is 22.3. The maximum Gasteiger partial charge on any atom is 0.352 e. The van der Waals surface area contributed by atoms with E-state index in [0.717, 1.165) is 20.4 Å². The Labute approximate surface area is 196 Å². The largest absolute Gasteiger partial charge is 0.477 e. The minimum atomic E-state index is -1.24. The van der Waals surface area contributed by atoms with Crippen LogP contribution in [0.5, 0.6) is 0 Å². The van der Waals surface area contributed by atoms with Crippen molar-refractivity contribution in [1.82, 2.24) is 24.8 Å². The molecule has 12 nitrogen and oxygen atoms in total. The number of hydrogen-bond acceptors (Lipinski definition) is 13. The zero-order valence-corrected chi connectivity index (χ0v) is 19.0. The molecule has 4 rings (SSSR count). The van der Waals surface area contributed by atoms with Gasteiger partial charge in [0.15, 0.2) is 10.8 Å². The Kier molecular flexibility index (Phi) is 6.45. The standard InChI is InChI=1S/C16H13N7O5S4/c17-16-19-7(5-31-16)9(21-28)12(24)20-10-13(25)23-11(15(26)27)6(4-30-14(10)23)1-2-29-8-3-18-22-32-8/h1-3,5,10,14,28H,4H2,(H2,17,19)(H,20,24)(H,26,27)/b2-1-,21-9?/t10-,14-/m1/s1. The van der Waals surface area contributed by atoms with Crippen molar-refractivity contribution in [1.29, 1.82) is 0 Å². The van der Waals surface area contributed by atoms with Crippen molar-refractivity contribution in [2.75, 3.05) is 11.5 Å². The maximum atomic E-state index is 12.7. The molecule has 2 aromatic heterocycles. The summed E-state index contributed by atoms with van der Waals surface area (Å²) in [7, 11) is 0. The van der Waals surface area contributed by atoms with Gasteiger partial charge in [0.25, 0.3) is 11.8 Å². The number of carboxylic acid groups (broad SMARTS) is 1. The summed E-state index contributed by atoms with van der Waals surface area (Å²) in [6.07, 6.45) is 3.23. The zero-order valence-electron chi connectivity index (χ0n) is 15.7. The lowest BCUT2D eigenvalue weighted by molar-refractivity contribution is -0.150. The predicted molar refractivity (Wildman–Crippen MR) is 119 cm³/mol. The highest BCUT2D eigenvalue weighted by molar-refractivity contribution is 8.03. The monoisotopic (exact) mass is 511 g/mol. The molecule has 32 heavy (non-hydrogen) atoms. The van der Waals surface area contributed by atoms with Gasteiger partial charge in [-0.05, 0) is 28.6 Å². The number of fused-ring (bicyclic) bond motifs is 1. The van der Waals surface area contributed by atoms with Gasteiger partial charge in [0, 0.05) is 11.1 Å². The Morgan fingerprint density at radius 1 is 1.44 bits per heavy atom. The van der Waals surface area contributed by atoms with Gasteiger partial charge >= 0.3 is 5.97 Å². The average molecular weight is 512 g/mol. The van der Waals surface area contributed by atoms with Gasteiger partial charge < -0.3 is 21.4 Å². The normalized spacial score (nSPS) is 20.9. The molecule has 1 fully saturated rings. The molecule has 2 aliphatic heterocycles. The number of carbonyl (C=O) groups is 3. The van der Waals surface area contributed by atoms with E-state index in [1.807, 2.05) is 0 Å². The first-order valence-corrected chi connectivity index (χ1v) is 12.2. The number of β-lactam (4-membered cyclic amide) rings is 1. The summed E-state index contributed by atoms with van der Waals surface area (Å²) in [4.78, 5) is 42.2. The number of aliphatic carboxylic acids is 1. The van der Waals surface area contributed by atoms with Crippen LogP contribution in [0.4, 0.5) is 5.13 Å². The number of allylic oxidation sites excluding steroid dienone is 1. The molecular weight excluding hydrogens is 498 g/mol. The van der Waals surface area contributed by atoms with E-state index in [9.17, 15) is 24.7 Å². The fourth-order valence-corrected chi connectivity index (χ4v) is 6.03. The topological polar surface area (TPSA) is 184 Å². The summed E-state index contributed by atoms with van der Waals surface area (Å²) < 4.78 is 4.59. The van der Waals surface area contributed by atoms with Gasteiger partial charge in [0.2, 0.25) is 0 Å². The Hall–Kier alpha value is -2.95. The number of nitrogens with zero attached hydrogens (tertiary/aromatic N) is 5. The number of amides is 2. The van der Waals surface area contributed by atoms with Crippen LogP contribution >= 0.6 is 46.4 Å². The van der Waals surface area contributed by atoms with Crippen molar-refractivity contribution in [2.45, 2.75) is 15.6 Å². The van der Waals surface area contributed by atoms with Crippen LogP contribution in [0.25, 0.3) is 0 Å². The van der Waals surface area contributed by atoms with Gasteiger partial charge in [-0.25, -0.2) is 9.78 Å². The molecule has 2 atom stereocenters. The van der Waals surface area contributed by atoms with Crippen LogP contribution in [0.15, 0.2) is 43.7 Å². The fourth-order valence-electron chi connectivity index (χ4n) is 2.98. The second-order valence-corrected chi connectivity index (χ2v) is 10.2. The minimum absolute atomic E-state index is 0.0691. The molecule has 2 aliphatic rings. The molecule has 1 saturated heterocycles. The van der Waals surface area contributed by atoms with Crippen molar-refractivity contribution < 1.29 is 24.7 Å². The van der Waals surface area contributed by atoms with E-state index >= 15 is 0 Å². The quantitative estimate of drug-likeness (QED) is 0.135. The number of nitrogens with one attached hydrogen (secondary N) is 1. The molecule has 0 unspecified atom stereocenters. The highest BCUT2D eigenvalue weighted by Crippen LogP contribution is 2.41. The molecule has 0 bridgehead atoms. The molecule has 16 heteroatoms. The summed E-state index contributed by atoms with van der Waals surface area (Å²) in [6.45, 7) is 0. The molecule has 0 radical (unpaired) electrons. The van der Waals surface area contributed by atoms with Crippen LogP contribution in [0, 0.1) is 0 Å². The number of nitrogen functional groups attached to an aromatic ring is 1. The zero-order chi connectivity index (χ0) is 22.8. The molecule has 166 valence electrons. The Morgan fingerprint density at radius 2 is 2.25 bits per heavy atom. The highest BCUT2D eigenvalue weighted by Gasteiger charge is 2.54. The fraction of sp³-hybridized carbons (Fsp3) is 0.188. The third kappa shape index (κ3) is 4.21. The Balaban J connectivity index is 1.48. The third-order valence-electron chi connectivity index (χ3n) is 4.36. The van der Waals surface area contributed by atoms with Crippen molar-refractivity contribution in [3.05, 3.63) is 40.0 Å². The molecule has 2 amide bonds. The van der Waals surface area contributed by atoms with Crippen LogP contribution in [-0.2, 0) is 14.4 Å². The first-order valence-electron chi connectivity index (χ1n) is 8.66. The summed E-state index contributed by atoms with van der Waals surface area (Å²) in [5, 5.41) is 30.8. The van der Waals surface area contributed by atoms with Crippen LogP contribution < -0.4 is 11.1 Å². The van der Waals surface area contributed by atoms with Crippen molar-refractivity contribution in [3.8, 4) is 0 Å². The minimum Gasteiger partial charge on any atom is -0.477 e. The van der Waals surface area contributed by atoms with Gasteiger partial charge in [-0.1, -0.05) is 21.4 Å². The van der Waals surface area contributed by atoms with E-state index in [2.05, 4.69) is 25.0 Å². The van der Waals surface area contributed by atoms with Crippen molar-refractivity contribution >= 4 is 75.0 Å². The lowest BCUT2D eigenvalue weighted by Crippen LogP contribution is -2.71. The third-order valence-corrected chi connectivity index (χ3v) is 7.92. The summed E-state index contributed by atoms with van der Waals surface area (Å²) >= 11 is 4.92. The van der Waals surface area contributed by atoms with Crippen LogP contribution in [0.1, 0.15) is 5.69 Å². The number of hydrogen-bond donors (Lipinski definition) is 4. The molecule has 0 saturated carbocycles. The van der Waals surface area contributed by atoms with Crippen LogP contribution in [0.3, 0.4) is 0 Å². The summed E-state index contributed by atoms with van der Waals surface area (Å²) in [5.41, 5.74) is 5.55. The lowest BCUT2D eigenvalue weighted by atomic mass is 10.0. The average Bonchev–Trinajstić information content (AvgIpc) is 3.44. The second-order valence-electron chi connectivity index (χ2n) is 6.22. The maximum absolute atomic E-state index is 12.7. The molecular formula is C16H13N7O5S4. The number of thioether (sulfide) groups is 2. The van der Waals surface area contributed by atoms with E-state index in [0.29, 0.717) is 11.3 Å². The number of nitrogens with two attached hydrogens (primary N) is 1. The molecule has 5 N–H and O–H groups in total. The van der Waals surface area contributed by atoms with E-state index in [4.69, 9.17) is 5.73 Å². The molecule has 0 aliphatic carbocycles. The molecule has 4 heterocycles. The Bertz CT molecular complexity index is 1160. The number of carbonyl (C=O) groups excluding carboxylic acids is 2. The lowest BCUT2D eigenvalue weighted by Gasteiger charge is -2.49. The number of rotatable bonds is 7. The predicted octanol–water partition coefficient (Wildman–Crippen LogP) is 0.800. The number of thiazole rings is 1. The number of anilines is 1. The smallest absolute Gasteiger partial charge is 0.352 e. The van der Waals surface area contributed by atoms with E-state index in [1.165, 1.54) is 40.4 Å². The van der Waals surface area contributed by atoms with Gasteiger partial charge in [-0.15, -0.1) is 28.2 Å². The summed E-state index contributed by atoms with van der Waals surface area (Å²) in [5.74, 6) is -2.32. The molecule has 2 aromatic rings. The van der Waals surface area contributed by atoms with E-state index in [-0.39, 0.29) is 16.5 Å².